The summed E-state index contributed by atoms with van der Waals surface area (Å²) in [6, 6.07) is 1.94. The summed E-state index contributed by atoms with van der Waals surface area (Å²) in [5.41, 5.74) is 0.821. The molecule has 0 aliphatic rings. The molecular weight excluding hydrogens is 150 g/mol. The average Bonchev–Trinajstić information content (AvgIpc) is 2.12. The first-order valence-corrected chi connectivity index (χ1v) is 3.65. The van der Waals surface area contributed by atoms with Crippen LogP contribution in [0.1, 0.15) is 13.8 Å². The van der Waals surface area contributed by atoms with Gasteiger partial charge in [-0.3, -0.25) is 4.79 Å². The van der Waals surface area contributed by atoms with Crippen LogP contribution in [-0.4, -0.2) is 6.29 Å². The Kier molecular flexibility index (Phi) is 5.29. The van der Waals surface area contributed by atoms with Crippen LogP contribution in [-0.2, 0) is 4.79 Å². The van der Waals surface area contributed by atoms with E-state index in [2.05, 4.69) is 0 Å². The number of carbonyl (C=O) groups is 1. The fraction of sp³-hybridized carbons (Fsp3) is 0.200. The minimum absolute atomic E-state index is 0.406. The summed E-state index contributed by atoms with van der Waals surface area (Å²) in [6.07, 6.45) is 7.44. The molecule has 0 heterocycles. The molecule has 0 rings (SSSR count). The highest BCUT2D eigenvalue weighted by molar-refractivity contribution is 5.82. The van der Waals surface area contributed by atoms with E-state index in [9.17, 15) is 4.79 Å². The Morgan fingerprint density at radius 2 is 2.08 bits per heavy atom. The van der Waals surface area contributed by atoms with Crippen molar-refractivity contribution in [1.82, 2.24) is 0 Å². The van der Waals surface area contributed by atoms with E-state index in [0.29, 0.717) is 17.4 Å². The summed E-state index contributed by atoms with van der Waals surface area (Å²) in [7, 11) is 0. The lowest BCUT2D eigenvalue weighted by Gasteiger charge is -1.92. The van der Waals surface area contributed by atoms with Crippen LogP contribution in [0.15, 0.2) is 35.5 Å². The van der Waals surface area contributed by atoms with Crippen molar-refractivity contribution in [2.24, 2.45) is 0 Å². The van der Waals surface area contributed by atoms with Crippen molar-refractivity contribution in [3.05, 3.63) is 35.5 Å². The van der Waals surface area contributed by atoms with Gasteiger partial charge in [0.1, 0.15) is 0 Å². The lowest BCUT2D eigenvalue weighted by Crippen LogP contribution is -1.87. The molecule has 0 aromatic rings. The van der Waals surface area contributed by atoms with E-state index in [-0.39, 0.29) is 0 Å². The van der Waals surface area contributed by atoms with Crippen LogP contribution in [0.2, 0.25) is 0 Å². The van der Waals surface area contributed by atoms with Gasteiger partial charge in [0.05, 0.1) is 11.6 Å². The zero-order chi connectivity index (χ0) is 9.40. The number of hydrogen-bond donors (Lipinski definition) is 0. The Morgan fingerprint density at radius 3 is 2.42 bits per heavy atom. The smallest absolute Gasteiger partial charge is 0.151 e. The van der Waals surface area contributed by atoms with E-state index in [1.165, 1.54) is 0 Å². The van der Waals surface area contributed by atoms with Crippen molar-refractivity contribution >= 4 is 6.29 Å². The Bertz CT molecular complexity index is 277. The highest BCUT2D eigenvalue weighted by atomic mass is 16.1. The highest BCUT2D eigenvalue weighted by Gasteiger charge is 1.98. The van der Waals surface area contributed by atoms with Crippen molar-refractivity contribution in [3.63, 3.8) is 0 Å². The molecule has 2 nitrogen and oxygen atoms in total. The lowest BCUT2D eigenvalue weighted by atomic mass is 10.1. The standard InChI is InChI=1S/C10H11NO/c1-3-5-6-10(8-12)9(4-2)7-11/h3-6,8H,1-2H3/b5-3-,9-4-,10-6-. The van der Waals surface area contributed by atoms with Gasteiger partial charge in [0.2, 0.25) is 0 Å². The molecule has 0 fully saturated rings. The largest absolute Gasteiger partial charge is 0.298 e. The van der Waals surface area contributed by atoms with Crippen LogP contribution in [0.25, 0.3) is 0 Å². The summed E-state index contributed by atoms with van der Waals surface area (Å²) in [6.45, 7) is 3.58. The maximum absolute atomic E-state index is 10.5. The molecule has 0 saturated carbocycles. The Morgan fingerprint density at radius 1 is 1.42 bits per heavy atom. The maximum atomic E-state index is 10.5. The minimum Gasteiger partial charge on any atom is -0.298 e. The molecule has 0 N–H and O–H groups in total. The first-order valence-electron chi connectivity index (χ1n) is 3.65. The summed E-state index contributed by atoms with van der Waals surface area (Å²) < 4.78 is 0. The van der Waals surface area contributed by atoms with Crippen molar-refractivity contribution < 1.29 is 4.79 Å². The van der Waals surface area contributed by atoms with Gasteiger partial charge in [0, 0.05) is 5.57 Å². The first kappa shape index (κ1) is 10.4. The van der Waals surface area contributed by atoms with Crippen LogP contribution in [0, 0.1) is 11.3 Å². The van der Waals surface area contributed by atoms with Crippen LogP contribution < -0.4 is 0 Å². The van der Waals surface area contributed by atoms with Crippen LogP contribution in [0.5, 0.6) is 0 Å². The van der Waals surface area contributed by atoms with E-state index in [1.54, 1.807) is 31.2 Å². The summed E-state index contributed by atoms with van der Waals surface area (Å²) >= 11 is 0. The fourth-order valence-corrected chi connectivity index (χ4v) is 0.688. The number of nitriles is 1. The van der Waals surface area contributed by atoms with Crippen molar-refractivity contribution in [2.45, 2.75) is 13.8 Å². The van der Waals surface area contributed by atoms with Crippen molar-refractivity contribution in [2.75, 3.05) is 0 Å². The predicted octanol–water partition coefficient (Wildman–Crippen LogP) is 2.16. The Hall–Kier alpha value is -1.62. The molecule has 0 saturated heterocycles. The van der Waals surface area contributed by atoms with Gasteiger partial charge in [-0.05, 0) is 13.8 Å². The SMILES string of the molecule is C\C=C/C=C(C=O)\C(C#N)=C/C. The molecule has 0 aromatic heterocycles. The summed E-state index contributed by atoms with van der Waals surface area (Å²) in [4.78, 5) is 10.5. The number of carbonyl (C=O) groups excluding carboxylic acids is 1. The molecule has 0 aliphatic carbocycles. The minimum atomic E-state index is 0.406. The molecular formula is C10H11NO. The molecule has 2 heteroatoms. The molecule has 62 valence electrons. The van der Waals surface area contributed by atoms with Crippen LogP contribution in [0.4, 0.5) is 0 Å². The first-order chi connectivity index (χ1) is 5.79. The number of nitrogens with zero attached hydrogens (tertiary/aromatic N) is 1. The van der Waals surface area contributed by atoms with Gasteiger partial charge in [-0.1, -0.05) is 24.3 Å². The quantitative estimate of drug-likeness (QED) is 0.275. The van der Waals surface area contributed by atoms with E-state index in [0.717, 1.165) is 0 Å². The van der Waals surface area contributed by atoms with Gasteiger partial charge in [0.15, 0.2) is 6.29 Å². The third-order valence-corrected chi connectivity index (χ3v) is 1.32. The van der Waals surface area contributed by atoms with Crippen LogP contribution in [0.3, 0.4) is 0 Å². The second-order valence-electron chi connectivity index (χ2n) is 2.08. The van der Waals surface area contributed by atoms with Gasteiger partial charge < -0.3 is 0 Å². The predicted molar refractivity (Wildman–Crippen MR) is 48.3 cm³/mol. The zero-order valence-corrected chi connectivity index (χ0v) is 7.24. The van der Waals surface area contributed by atoms with E-state index >= 15 is 0 Å². The van der Waals surface area contributed by atoms with Gasteiger partial charge >= 0.3 is 0 Å². The van der Waals surface area contributed by atoms with Gasteiger partial charge in [-0.2, -0.15) is 5.26 Å². The van der Waals surface area contributed by atoms with Crippen LogP contribution >= 0.6 is 0 Å². The van der Waals surface area contributed by atoms with E-state index in [1.807, 2.05) is 13.0 Å². The average molecular weight is 161 g/mol. The number of allylic oxidation sites excluding steroid dienone is 6. The van der Waals surface area contributed by atoms with Gasteiger partial charge in [0.25, 0.3) is 0 Å². The highest BCUT2D eigenvalue weighted by Crippen LogP contribution is 2.05. The third kappa shape index (κ3) is 2.98. The molecule has 0 aliphatic heterocycles. The Balaban J connectivity index is 4.80. The van der Waals surface area contributed by atoms with E-state index < -0.39 is 0 Å². The molecule has 0 radical (unpaired) electrons. The molecule has 0 aromatic carbocycles. The molecule has 0 amide bonds. The Labute approximate surface area is 72.5 Å². The van der Waals surface area contributed by atoms with Gasteiger partial charge in [-0.25, -0.2) is 0 Å². The normalized spacial score (nSPS) is 13.1. The molecule has 0 atom stereocenters. The maximum Gasteiger partial charge on any atom is 0.151 e. The monoisotopic (exact) mass is 161 g/mol. The molecule has 0 bridgehead atoms. The number of rotatable bonds is 3. The number of hydrogen-bond acceptors (Lipinski definition) is 2. The molecule has 0 unspecified atom stereocenters. The summed E-state index contributed by atoms with van der Waals surface area (Å²) in [5, 5.41) is 8.58. The second-order valence-corrected chi connectivity index (χ2v) is 2.08. The zero-order valence-electron chi connectivity index (χ0n) is 7.24. The summed E-state index contributed by atoms with van der Waals surface area (Å²) in [5.74, 6) is 0. The third-order valence-electron chi connectivity index (χ3n) is 1.32. The second kappa shape index (κ2) is 6.11. The van der Waals surface area contributed by atoms with E-state index in [4.69, 9.17) is 5.26 Å². The topological polar surface area (TPSA) is 40.9 Å². The lowest BCUT2D eigenvalue weighted by molar-refractivity contribution is -0.104. The molecule has 0 spiro atoms. The van der Waals surface area contributed by atoms with Crippen molar-refractivity contribution in [3.8, 4) is 6.07 Å². The van der Waals surface area contributed by atoms with Crippen molar-refractivity contribution in [1.29, 1.82) is 5.26 Å². The number of aldehydes is 1. The van der Waals surface area contributed by atoms with Gasteiger partial charge in [-0.15, -0.1) is 0 Å². The molecule has 12 heavy (non-hydrogen) atoms. The fourth-order valence-electron chi connectivity index (χ4n) is 0.688.